The summed E-state index contributed by atoms with van der Waals surface area (Å²) in [6.07, 6.45) is 1.36. The standard InChI is InChI=1S/C20H16Cl2N2O5/c1-2-28-17-9-11(8-12-18(25)23-20(27)24-19(12)26)6-7-16(17)29-10-13-14(21)4-3-5-15(13)22/h3-9H,2,10H2,1H3,(H2,23,24,25,26,27). The minimum Gasteiger partial charge on any atom is -0.490 e. The van der Waals surface area contributed by atoms with Crippen LogP contribution in [0.25, 0.3) is 6.08 Å². The number of hydrogen-bond acceptors (Lipinski definition) is 5. The predicted molar refractivity (Wildman–Crippen MR) is 108 cm³/mol. The second-order valence-electron chi connectivity index (χ2n) is 5.92. The van der Waals surface area contributed by atoms with Gasteiger partial charge in [-0.2, -0.15) is 0 Å². The molecule has 4 amide bonds. The molecule has 1 saturated heterocycles. The van der Waals surface area contributed by atoms with Gasteiger partial charge in [-0.15, -0.1) is 0 Å². The van der Waals surface area contributed by atoms with Crippen LogP contribution in [0, 0.1) is 0 Å². The molecule has 0 spiro atoms. The highest BCUT2D eigenvalue weighted by molar-refractivity contribution is 6.36. The quantitative estimate of drug-likeness (QED) is 0.533. The van der Waals surface area contributed by atoms with Gasteiger partial charge in [-0.25, -0.2) is 4.79 Å². The van der Waals surface area contributed by atoms with Crippen molar-refractivity contribution in [2.24, 2.45) is 0 Å². The van der Waals surface area contributed by atoms with Gasteiger partial charge in [0.25, 0.3) is 11.8 Å². The summed E-state index contributed by atoms with van der Waals surface area (Å²) in [6, 6.07) is 9.24. The molecule has 9 heteroatoms. The largest absolute Gasteiger partial charge is 0.490 e. The third kappa shape index (κ3) is 4.88. The van der Waals surface area contributed by atoms with Crippen LogP contribution < -0.4 is 20.1 Å². The van der Waals surface area contributed by atoms with Gasteiger partial charge in [0.1, 0.15) is 12.2 Å². The number of rotatable bonds is 6. The molecule has 29 heavy (non-hydrogen) atoms. The number of imide groups is 2. The molecular formula is C20H16Cl2N2O5. The van der Waals surface area contributed by atoms with Gasteiger partial charge in [0.05, 0.1) is 6.61 Å². The maximum absolute atomic E-state index is 11.9. The highest BCUT2D eigenvalue weighted by Gasteiger charge is 2.27. The van der Waals surface area contributed by atoms with Crippen molar-refractivity contribution in [3.05, 3.63) is 63.1 Å². The first kappa shape index (κ1) is 20.7. The number of ether oxygens (including phenoxy) is 2. The first-order chi connectivity index (χ1) is 13.9. The van der Waals surface area contributed by atoms with Crippen molar-refractivity contribution in [2.75, 3.05) is 6.61 Å². The van der Waals surface area contributed by atoms with Gasteiger partial charge in [0.2, 0.25) is 0 Å². The number of urea groups is 1. The first-order valence-corrected chi connectivity index (χ1v) is 9.35. The summed E-state index contributed by atoms with van der Waals surface area (Å²) in [6.45, 7) is 2.32. The SMILES string of the molecule is CCOc1cc(C=C2C(=O)NC(=O)NC2=O)ccc1OCc1c(Cl)cccc1Cl. The van der Waals surface area contributed by atoms with Gasteiger partial charge in [0, 0.05) is 15.6 Å². The van der Waals surface area contributed by atoms with E-state index in [0.717, 1.165) is 0 Å². The number of halogens is 2. The van der Waals surface area contributed by atoms with Gasteiger partial charge in [-0.1, -0.05) is 35.3 Å². The van der Waals surface area contributed by atoms with E-state index in [0.29, 0.717) is 39.3 Å². The Morgan fingerprint density at radius 3 is 2.21 bits per heavy atom. The maximum atomic E-state index is 11.9. The van der Waals surface area contributed by atoms with E-state index < -0.39 is 17.8 Å². The summed E-state index contributed by atoms with van der Waals surface area (Å²) in [7, 11) is 0. The molecule has 0 atom stereocenters. The molecule has 2 N–H and O–H groups in total. The Hall–Kier alpha value is -3.03. The minimum atomic E-state index is -0.853. The summed E-state index contributed by atoms with van der Waals surface area (Å²) in [4.78, 5) is 34.9. The molecule has 0 bridgehead atoms. The lowest BCUT2D eigenvalue weighted by Crippen LogP contribution is -2.51. The molecule has 1 fully saturated rings. The predicted octanol–water partition coefficient (Wildman–Crippen LogP) is 3.72. The van der Waals surface area contributed by atoms with Crippen LogP contribution in [0.4, 0.5) is 4.79 Å². The number of barbiturate groups is 1. The fraction of sp³-hybridized carbons (Fsp3) is 0.150. The molecule has 150 valence electrons. The molecule has 1 aliphatic heterocycles. The van der Waals surface area contributed by atoms with Gasteiger partial charge in [0.15, 0.2) is 11.5 Å². The van der Waals surface area contributed by atoms with Crippen molar-refractivity contribution in [3.8, 4) is 11.5 Å². The lowest BCUT2D eigenvalue weighted by molar-refractivity contribution is -0.123. The molecule has 0 saturated carbocycles. The lowest BCUT2D eigenvalue weighted by Gasteiger charge is -2.15. The summed E-state index contributed by atoms with van der Waals surface area (Å²) in [5, 5.41) is 5.02. The topological polar surface area (TPSA) is 93.7 Å². The van der Waals surface area contributed by atoms with Crippen molar-refractivity contribution in [1.82, 2.24) is 10.6 Å². The normalized spacial score (nSPS) is 13.6. The number of hydrogen-bond donors (Lipinski definition) is 2. The zero-order valence-electron chi connectivity index (χ0n) is 15.3. The first-order valence-electron chi connectivity index (χ1n) is 8.60. The van der Waals surface area contributed by atoms with E-state index in [1.165, 1.54) is 6.08 Å². The van der Waals surface area contributed by atoms with Gasteiger partial charge in [-0.3, -0.25) is 20.2 Å². The summed E-state index contributed by atoms with van der Waals surface area (Å²) in [5.74, 6) is -0.689. The molecule has 2 aromatic carbocycles. The fourth-order valence-corrected chi connectivity index (χ4v) is 3.10. The number of benzene rings is 2. The van der Waals surface area contributed by atoms with Crippen LogP contribution in [0.15, 0.2) is 42.0 Å². The molecule has 0 unspecified atom stereocenters. The van der Waals surface area contributed by atoms with Crippen molar-refractivity contribution < 1.29 is 23.9 Å². The number of carbonyl (C=O) groups is 3. The van der Waals surface area contributed by atoms with Gasteiger partial charge < -0.3 is 9.47 Å². The van der Waals surface area contributed by atoms with E-state index in [1.54, 1.807) is 36.4 Å². The maximum Gasteiger partial charge on any atom is 0.328 e. The Kier molecular flexibility index (Phi) is 6.41. The molecule has 7 nitrogen and oxygen atoms in total. The van der Waals surface area contributed by atoms with Crippen molar-refractivity contribution >= 4 is 47.1 Å². The lowest BCUT2D eigenvalue weighted by atomic mass is 10.1. The molecule has 1 heterocycles. The number of nitrogens with one attached hydrogen (secondary N) is 2. The van der Waals surface area contributed by atoms with Crippen LogP contribution in [0.2, 0.25) is 10.0 Å². The second kappa shape index (κ2) is 8.98. The molecule has 0 aromatic heterocycles. The van der Waals surface area contributed by atoms with Crippen molar-refractivity contribution in [2.45, 2.75) is 13.5 Å². The Bertz CT molecular complexity index is 978. The third-order valence-electron chi connectivity index (χ3n) is 3.96. The molecular weight excluding hydrogens is 419 g/mol. The van der Waals surface area contributed by atoms with Gasteiger partial charge in [-0.05, 0) is 42.8 Å². The highest BCUT2D eigenvalue weighted by atomic mass is 35.5. The van der Waals surface area contributed by atoms with E-state index in [2.05, 4.69) is 0 Å². The molecule has 1 aliphatic rings. The molecule has 0 aliphatic carbocycles. The van der Waals surface area contributed by atoms with E-state index in [9.17, 15) is 14.4 Å². The smallest absolute Gasteiger partial charge is 0.328 e. The Balaban J connectivity index is 1.85. The Morgan fingerprint density at radius 2 is 1.59 bits per heavy atom. The van der Waals surface area contributed by atoms with Crippen LogP contribution in [-0.4, -0.2) is 24.5 Å². The zero-order valence-corrected chi connectivity index (χ0v) is 16.8. The molecule has 2 aromatic rings. The van der Waals surface area contributed by atoms with Crippen LogP contribution in [-0.2, 0) is 16.2 Å². The monoisotopic (exact) mass is 434 g/mol. The molecule has 0 radical (unpaired) electrons. The van der Waals surface area contributed by atoms with Crippen LogP contribution in [0.3, 0.4) is 0 Å². The summed E-state index contributed by atoms with van der Waals surface area (Å²) in [5.41, 5.74) is 0.972. The average molecular weight is 435 g/mol. The zero-order chi connectivity index (χ0) is 21.0. The van der Waals surface area contributed by atoms with Crippen molar-refractivity contribution in [3.63, 3.8) is 0 Å². The van der Waals surface area contributed by atoms with Crippen LogP contribution in [0.1, 0.15) is 18.1 Å². The minimum absolute atomic E-state index is 0.131. The third-order valence-corrected chi connectivity index (χ3v) is 4.66. The average Bonchev–Trinajstić information content (AvgIpc) is 2.66. The Labute approximate surface area is 176 Å². The second-order valence-corrected chi connectivity index (χ2v) is 6.74. The van der Waals surface area contributed by atoms with E-state index in [4.69, 9.17) is 32.7 Å². The van der Waals surface area contributed by atoms with E-state index in [-0.39, 0.29) is 12.2 Å². The van der Waals surface area contributed by atoms with Crippen molar-refractivity contribution in [1.29, 1.82) is 0 Å². The fourth-order valence-electron chi connectivity index (χ4n) is 2.60. The number of amides is 4. The summed E-state index contributed by atoms with van der Waals surface area (Å²) < 4.78 is 11.4. The van der Waals surface area contributed by atoms with E-state index >= 15 is 0 Å². The van der Waals surface area contributed by atoms with Gasteiger partial charge >= 0.3 is 6.03 Å². The van der Waals surface area contributed by atoms with E-state index in [1.807, 2.05) is 17.6 Å². The summed E-state index contributed by atoms with van der Waals surface area (Å²) >= 11 is 12.3. The van der Waals surface area contributed by atoms with Crippen LogP contribution >= 0.6 is 23.2 Å². The Morgan fingerprint density at radius 1 is 0.931 bits per heavy atom. The van der Waals surface area contributed by atoms with Crippen LogP contribution in [0.5, 0.6) is 11.5 Å². The highest BCUT2D eigenvalue weighted by Crippen LogP contribution is 2.32. The molecule has 3 rings (SSSR count). The number of carbonyl (C=O) groups excluding carboxylic acids is 3.